The molecule has 0 atom stereocenters. The predicted octanol–water partition coefficient (Wildman–Crippen LogP) is 3.11. The van der Waals surface area contributed by atoms with Gasteiger partial charge in [0.15, 0.2) is 0 Å². The van der Waals surface area contributed by atoms with E-state index in [2.05, 4.69) is 15.3 Å². The molecule has 2 aromatic rings. The highest BCUT2D eigenvalue weighted by atomic mass is 32.1. The first-order chi connectivity index (χ1) is 9.66. The average Bonchev–Trinajstić information content (AvgIpc) is 2.94. The van der Waals surface area contributed by atoms with Crippen molar-refractivity contribution in [2.45, 2.75) is 6.61 Å². The molecule has 0 spiro atoms. The number of benzene rings is 1. The topological polar surface area (TPSA) is 50.7 Å². The number of para-hydroxylation sites is 1. The summed E-state index contributed by atoms with van der Waals surface area (Å²) >= 11 is 1.28. The summed E-state index contributed by atoms with van der Waals surface area (Å²) < 4.78 is 28.7. The van der Waals surface area contributed by atoms with Gasteiger partial charge in [-0.3, -0.25) is 4.79 Å². The Morgan fingerprint density at radius 2 is 2.10 bits per heavy atom. The van der Waals surface area contributed by atoms with Crippen LogP contribution < -0.4 is 10.2 Å². The highest BCUT2D eigenvalue weighted by molar-refractivity contribution is 7.12. The summed E-state index contributed by atoms with van der Waals surface area (Å²) in [6.07, 6.45) is 1.25. The summed E-state index contributed by atoms with van der Waals surface area (Å²) in [4.78, 5) is 12.1. The van der Waals surface area contributed by atoms with Crippen LogP contribution in [0.25, 0.3) is 0 Å². The number of thiophene rings is 1. The summed E-state index contributed by atoms with van der Waals surface area (Å²) in [6.45, 7) is -2.91. The van der Waals surface area contributed by atoms with Crippen molar-refractivity contribution in [3.8, 4) is 5.75 Å². The molecule has 7 heteroatoms. The van der Waals surface area contributed by atoms with Crippen LogP contribution in [0.15, 0.2) is 46.9 Å². The molecule has 1 heterocycles. The van der Waals surface area contributed by atoms with Crippen LogP contribution >= 0.6 is 11.3 Å². The Balaban J connectivity index is 2.02. The van der Waals surface area contributed by atoms with E-state index in [-0.39, 0.29) is 11.7 Å². The van der Waals surface area contributed by atoms with Crippen molar-refractivity contribution >= 4 is 23.5 Å². The smallest absolute Gasteiger partial charge is 0.387 e. The fourth-order valence-corrected chi connectivity index (χ4v) is 2.03. The number of rotatable bonds is 5. The lowest BCUT2D eigenvalue weighted by atomic mass is 10.2. The number of carbonyl (C=O) groups excluding carboxylic acids is 1. The van der Waals surface area contributed by atoms with Crippen molar-refractivity contribution in [2.75, 3.05) is 0 Å². The van der Waals surface area contributed by atoms with Gasteiger partial charge >= 0.3 is 6.61 Å². The molecule has 0 aliphatic heterocycles. The Kier molecular flexibility index (Phi) is 4.78. The summed E-state index contributed by atoms with van der Waals surface area (Å²) in [6, 6.07) is 9.58. The lowest BCUT2D eigenvalue weighted by molar-refractivity contribution is -0.0499. The highest BCUT2D eigenvalue weighted by Gasteiger charge is 2.08. The van der Waals surface area contributed by atoms with Gasteiger partial charge in [-0.05, 0) is 23.6 Å². The Morgan fingerprint density at radius 1 is 1.30 bits per heavy atom. The minimum absolute atomic E-state index is 0.00313. The minimum atomic E-state index is -2.91. The van der Waals surface area contributed by atoms with E-state index in [1.54, 1.807) is 35.7 Å². The Bertz CT molecular complexity index is 600. The molecule has 0 unspecified atom stereocenters. The molecule has 0 aliphatic carbocycles. The first kappa shape index (κ1) is 14.1. The van der Waals surface area contributed by atoms with Crippen molar-refractivity contribution in [1.29, 1.82) is 0 Å². The molecule has 0 saturated carbocycles. The highest BCUT2D eigenvalue weighted by Crippen LogP contribution is 2.18. The van der Waals surface area contributed by atoms with Gasteiger partial charge in [0.2, 0.25) is 0 Å². The third-order valence-electron chi connectivity index (χ3n) is 2.25. The molecule has 1 amide bonds. The van der Waals surface area contributed by atoms with E-state index >= 15 is 0 Å². The van der Waals surface area contributed by atoms with Gasteiger partial charge in [0.25, 0.3) is 5.91 Å². The monoisotopic (exact) mass is 296 g/mol. The van der Waals surface area contributed by atoms with Crippen LogP contribution in [0.3, 0.4) is 0 Å². The molecule has 4 nitrogen and oxygen atoms in total. The van der Waals surface area contributed by atoms with Gasteiger partial charge in [-0.2, -0.15) is 13.9 Å². The molecular weight excluding hydrogens is 286 g/mol. The van der Waals surface area contributed by atoms with Gasteiger partial charge in [0.05, 0.1) is 11.1 Å². The molecule has 0 bridgehead atoms. The molecule has 1 aromatic carbocycles. The second-order valence-corrected chi connectivity index (χ2v) is 4.54. The van der Waals surface area contributed by atoms with Gasteiger partial charge in [-0.15, -0.1) is 11.3 Å². The molecule has 0 fully saturated rings. The number of ether oxygens (including phenoxy) is 1. The number of hydrazone groups is 1. The molecule has 0 radical (unpaired) electrons. The fourth-order valence-electron chi connectivity index (χ4n) is 1.41. The number of halogens is 2. The first-order valence-electron chi connectivity index (χ1n) is 5.57. The summed E-state index contributed by atoms with van der Waals surface area (Å²) in [7, 11) is 0. The van der Waals surface area contributed by atoms with Crippen molar-refractivity contribution in [3.63, 3.8) is 0 Å². The van der Waals surface area contributed by atoms with E-state index in [9.17, 15) is 13.6 Å². The van der Waals surface area contributed by atoms with E-state index in [1.165, 1.54) is 23.6 Å². The number of alkyl halides is 2. The third-order valence-corrected chi connectivity index (χ3v) is 3.12. The average molecular weight is 296 g/mol. The van der Waals surface area contributed by atoms with Crippen LogP contribution in [0.5, 0.6) is 5.75 Å². The van der Waals surface area contributed by atoms with Crippen LogP contribution in [0, 0.1) is 0 Å². The molecule has 2 rings (SSSR count). The van der Waals surface area contributed by atoms with E-state index in [0.29, 0.717) is 10.4 Å². The zero-order valence-corrected chi connectivity index (χ0v) is 10.9. The van der Waals surface area contributed by atoms with Crippen molar-refractivity contribution in [3.05, 3.63) is 52.2 Å². The number of amides is 1. The largest absolute Gasteiger partial charge is 0.434 e. The molecule has 1 N–H and O–H groups in total. The first-order valence-corrected chi connectivity index (χ1v) is 6.45. The minimum Gasteiger partial charge on any atom is -0.434 e. The molecule has 20 heavy (non-hydrogen) atoms. The maximum Gasteiger partial charge on any atom is 0.387 e. The number of nitrogens with zero attached hydrogens (tertiary/aromatic N) is 1. The lowest BCUT2D eigenvalue weighted by Crippen LogP contribution is -2.16. The maximum atomic E-state index is 12.2. The van der Waals surface area contributed by atoms with Gasteiger partial charge in [0.1, 0.15) is 5.75 Å². The molecular formula is C13H10F2N2O2S. The van der Waals surface area contributed by atoms with Crippen molar-refractivity contribution in [1.82, 2.24) is 5.43 Å². The lowest BCUT2D eigenvalue weighted by Gasteiger charge is -2.06. The number of hydrogen-bond acceptors (Lipinski definition) is 4. The number of nitrogens with one attached hydrogen (secondary N) is 1. The molecule has 0 saturated heterocycles. The van der Waals surface area contributed by atoms with E-state index in [4.69, 9.17) is 0 Å². The zero-order valence-electron chi connectivity index (χ0n) is 10.1. The zero-order chi connectivity index (χ0) is 14.4. The number of hydrogen-bond donors (Lipinski definition) is 1. The quantitative estimate of drug-likeness (QED) is 0.681. The fraction of sp³-hybridized carbons (Fsp3) is 0.0769. The Morgan fingerprint density at radius 3 is 2.80 bits per heavy atom. The SMILES string of the molecule is O=C(N/N=C\c1ccccc1OC(F)F)c1cccs1. The summed E-state index contributed by atoms with van der Waals surface area (Å²) in [5, 5.41) is 5.49. The van der Waals surface area contributed by atoms with Gasteiger partial charge in [0, 0.05) is 5.56 Å². The molecule has 0 aliphatic rings. The third kappa shape index (κ3) is 3.86. The van der Waals surface area contributed by atoms with Crippen LogP contribution in [-0.2, 0) is 0 Å². The summed E-state index contributed by atoms with van der Waals surface area (Å²) in [5.41, 5.74) is 2.66. The van der Waals surface area contributed by atoms with Crippen LogP contribution in [0.4, 0.5) is 8.78 Å². The standard InChI is InChI=1S/C13H10F2N2O2S/c14-13(15)19-10-5-2-1-4-9(10)8-16-17-12(18)11-6-3-7-20-11/h1-8,13H,(H,17,18)/b16-8-. The van der Waals surface area contributed by atoms with Crippen LogP contribution in [0.1, 0.15) is 15.2 Å². The second-order valence-electron chi connectivity index (χ2n) is 3.59. The Hall–Kier alpha value is -2.28. The molecule has 1 aromatic heterocycles. The maximum absolute atomic E-state index is 12.2. The van der Waals surface area contributed by atoms with Crippen LogP contribution in [-0.4, -0.2) is 18.7 Å². The van der Waals surface area contributed by atoms with Crippen molar-refractivity contribution < 1.29 is 18.3 Å². The van der Waals surface area contributed by atoms with E-state index in [0.717, 1.165) is 0 Å². The number of carbonyl (C=O) groups is 1. The van der Waals surface area contributed by atoms with E-state index < -0.39 is 6.61 Å². The van der Waals surface area contributed by atoms with Gasteiger partial charge < -0.3 is 4.74 Å². The van der Waals surface area contributed by atoms with E-state index in [1.807, 2.05) is 0 Å². The molecule has 104 valence electrons. The Labute approximate surface area is 117 Å². The van der Waals surface area contributed by atoms with Crippen molar-refractivity contribution in [2.24, 2.45) is 5.10 Å². The summed E-state index contributed by atoms with van der Waals surface area (Å²) in [5.74, 6) is -0.361. The normalized spacial score (nSPS) is 10.9. The van der Waals surface area contributed by atoms with Gasteiger partial charge in [-0.1, -0.05) is 18.2 Å². The van der Waals surface area contributed by atoms with Gasteiger partial charge in [-0.25, -0.2) is 5.43 Å². The predicted molar refractivity (Wildman–Crippen MR) is 72.5 cm³/mol. The second kappa shape index (κ2) is 6.76. The van der Waals surface area contributed by atoms with Crippen LogP contribution in [0.2, 0.25) is 0 Å².